The van der Waals surface area contributed by atoms with Crippen LogP contribution in [0.5, 0.6) is 0 Å². The number of nitrogens with zero attached hydrogens (tertiary/aromatic N) is 4. The first-order chi connectivity index (χ1) is 12.2. The van der Waals surface area contributed by atoms with Gasteiger partial charge in [0.05, 0.1) is 25.3 Å². The van der Waals surface area contributed by atoms with Crippen LogP contribution in [0.3, 0.4) is 0 Å². The lowest BCUT2D eigenvalue weighted by Crippen LogP contribution is -2.25. The molecule has 2 heterocycles. The molecular formula is C16H17N5O3S. The molecule has 0 aliphatic heterocycles. The Hall–Kier alpha value is -2.78. The van der Waals surface area contributed by atoms with Crippen LogP contribution in [0.25, 0.3) is 5.69 Å². The highest BCUT2D eigenvalue weighted by atomic mass is 32.1. The Morgan fingerprint density at radius 3 is 2.72 bits per heavy atom. The van der Waals surface area contributed by atoms with E-state index in [1.807, 2.05) is 17.5 Å². The Bertz CT molecular complexity index is 883. The number of carbonyl (C=O) groups is 1. The Balaban J connectivity index is 1.67. The van der Waals surface area contributed by atoms with Gasteiger partial charge < -0.3 is 10.1 Å². The van der Waals surface area contributed by atoms with E-state index in [-0.39, 0.29) is 11.6 Å². The van der Waals surface area contributed by atoms with Gasteiger partial charge in [0.25, 0.3) is 0 Å². The fraction of sp³-hybridized carbons (Fsp3) is 0.250. The summed E-state index contributed by atoms with van der Waals surface area (Å²) in [4.78, 5) is 25.2. The first-order valence-corrected chi connectivity index (χ1v) is 8.50. The van der Waals surface area contributed by atoms with E-state index in [2.05, 4.69) is 15.7 Å². The number of aromatic nitrogens is 4. The zero-order valence-electron chi connectivity index (χ0n) is 13.6. The molecule has 8 nitrogen and oxygen atoms in total. The highest BCUT2D eigenvalue weighted by Crippen LogP contribution is 2.13. The number of anilines is 1. The number of rotatable bonds is 7. The molecule has 1 aromatic carbocycles. The van der Waals surface area contributed by atoms with Crippen molar-refractivity contribution >= 4 is 22.9 Å². The van der Waals surface area contributed by atoms with Crippen LogP contribution in [0.4, 0.5) is 5.69 Å². The second-order valence-corrected chi connectivity index (χ2v) is 6.27. The van der Waals surface area contributed by atoms with Gasteiger partial charge in [-0.1, -0.05) is 6.07 Å². The molecule has 130 valence electrons. The Labute approximate surface area is 147 Å². The summed E-state index contributed by atoms with van der Waals surface area (Å²) in [6.07, 6.45) is 0.340. The maximum Gasteiger partial charge on any atom is 0.368 e. The minimum atomic E-state index is -0.341. The molecule has 1 amide bonds. The summed E-state index contributed by atoms with van der Waals surface area (Å²) >= 11 is 1.55. The van der Waals surface area contributed by atoms with Crippen molar-refractivity contribution in [3.05, 3.63) is 57.1 Å². The first kappa shape index (κ1) is 17.1. The van der Waals surface area contributed by atoms with E-state index in [4.69, 9.17) is 4.74 Å². The monoisotopic (exact) mass is 359 g/mol. The van der Waals surface area contributed by atoms with Gasteiger partial charge in [0.2, 0.25) is 5.91 Å². The van der Waals surface area contributed by atoms with Crippen molar-refractivity contribution in [2.75, 3.05) is 19.0 Å². The number of tetrazole rings is 1. The molecule has 0 atom stereocenters. The summed E-state index contributed by atoms with van der Waals surface area (Å²) in [7, 11) is 1.56. The number of methoxy groups -OCH3 is 1. The molecule has 0 bridgehead atoms. The highest BCUT2D eigenvalue weighted by Gasteiger charge is 2.09. The Morgan fingerprint density at radius 2 is 2.04 bits per heavy atom. The van der Waals surface area contributed by atoms with E-state index in [0.717, 1.165) is 4.88 Å². The molecule has 0 fully saturated rings. The summed E-state index contributed by atoms with van der Waals surface area (Å²) in [6.45, 7) is 0.722. The van der Waals surface area contributed by atoms with Gasteiger partial charge in [0.1, 0.15) is 0 Å². The van der Waals surface area contributed by atoms with Crippen LogP contribution in [0.1, 0.15) is 4.88 Å². The van der Waals surface area contributed by atoms with Gasteiger partial charge in [-0.05, 0) is 46.1 Å². The van der Waals surface area contributed by atoms with Crippen LogP contribution < -0.4 is 11.0 Å². The number of thiophene rings is 1. The SMILES string of the molecule is COCCn1nnn(-c2ccc(NC(=O)Cc3cccs3)cc2)c1=O. The Kier molecular flexibility index (Phi) is 5.36. The smallest absolute Gasteiger partial charge is 0.368 e. The van der Waals surface area contributed by atoms with Gasteiger partial charge in [0, 0.05) is 17.7 Å². The van der Waals surface area contributed by atoms with E-state index in [1.54, 1.807) is 42.7 Å². The molecule has 2 aromatic heterocycles. The summed E-state index contributed by atoms with van der Waals surface area (Å²) in [5.41, 5.74) is 0.890. The second kappa shape index (κ2) is 7.86. The van der Waals surface area contributed by atoms with Crippen molar-refractivity contribution in [2.24, 2.45) is 0 Å². The van der Waals surface area contributed by atoms with Gasteiger partial charge in [-0.2, -0.15) is 9.36 Å². The molecule has 0 saturated carbocycles. The Morgan fingerprint density at radius 1 is 1.24 bits per heavy atom. The summed E-state index contributed by atoms with van der Waals surface area (Å²) < 4.78 is 7.37. The number of benzene rings is 1. The predicted molar refractivity (Wildman–Crippen MR) is 94.1 cm³/mol. The summed E-state index contributed by atoms with van der Waals surface area (Å²) in [5.74, 6) is -0.0853. The molecule has 1 N–H and O–H groups in total. The topological polar surface area (TPSA) is 91.0 Å². The van der Waals surface area contributed by atoms with Crippen LogP contribution in [0.15, 0.2) is 46.6 Å². The van der Waals surface area contributed by atoms with Gasteiger partial charge in [-0.15, -0.1) is 11.3 Å². The average molecular weight is 359 g/mol. The fourth-order valence-electron chi connectivity index (χ4n) is 2.22. The summed E-state index contributed by atoms with van der Waals surface area (Å²) in [5, 5.41) is 12.4. The van der Waals surface area contributed by atoms with Gasteiger partial charge in [0.15, 0.2) is 0 Å². The van der Waals surface area contributed by atoms with E-state index < -0.39 is 0 Å². The van der Waals surface area contributed by atoms with E-state index in [1.165, 1.54) is 9.36 Å². The van der Waals surface area contributed by atoms with E-state index in [0.29, 0.717) is 30.9 Å². The number of ether oxygens (including phenoxy) is 1. The largest absolute Gasteiger partial charge is 0.383 e. The molecule has 25 heavy (non-hydrogen) atoms. The molecule has 9 heteroatoms. The number of amides is 1. The third-order valence-electron chi connectivity index (χ3n) is 3.46. The van der Waals surface area contributed by atoms with Gasteiger partial charge in [-0.3, -0.25) is 4.79 Å². The lowest BCUT2D eigenvalue weighted by Gasteiger charge is -2.05. The third-order valence-corrected chi connectivity index (χ3v) is 4.33. The predicted octanol–water partition coefficient (Wildman–Crippen LogP) is 1.32. The number of carbonyl (C=O) groups excluding carboxylic acids is 1. The van der Waals surface area contributed by atoms with Crippen LogP contribution in [0, 0.1) is 0 Å². The molecule has 0 spiro atoms. The number of hydrogen-bond donors (Lipinski definition) is 1. The first-order valence-electron chi connectivity index (χ1n) is 7.62. The van der Waals surface area contributed by atoms with Crippen LogP contribution >= 0.6 is 11.3 Å². The molecule has 0 aliphatic rings. The minimum Gasteiger partial charge on any atom is -0.383 e. The lowest BCUT2D eigenvalue weighted by atomic mass is 10.2. The maximum atomic E-state index is 12.2. The fourth-order valence-corrected chi connectivity index (χ4v) is 2.92. The van der Waals surface area contributed by atoms with Crippen LogP contribution in [-0.2, 0) is 22.5 Å². The standard InChI is InChI=1S/C16H17N5O3S/c1-24-9-8-20-16(23)21(19-18-20)13-6-4-12(5-7-13)17-15(22)11-14-3-2-10-25-14/h2-7,10H,8-9,11H2,1H3,(H,17,22). The molecule has 0 saturated heterocycles. The highest BCUT2D eigenvalue weighted by molar-refractivity contribution is 7.10. The molecule has 3 aromatic rings. The van der Waals surface area contributed by atoms with Gasteiger partial charge >= 0.3 is 5.69 Å². The normalized spacial score (nSPS) is 10.8. The van der Waals surface area contributed by atoms with Gasteiger partial charge in [-0.25, -0.2) is 4.79 Å². The summed E-state index contributed by atoms with van der Waals surface area (Å²) in [6, 6.07) is 10.7. The van der Waals surface area contributed by atoms with Crippen molar-refractivity contribution in [2.45, 2.75) is 13.0 Å². The minimum absolute atomic E-state index is 0.0853. The molecule has 0 aliphatic carbocycles. The van der Waals surface area contributed by atoms with Crippen molar-refractivity contribution in [1.29, 1.82) is 0 Å². The third kappa shape index (κ3) is 4.20. The van der Waals surface area contributed by atoms with Crippen LogP contribution in [0.2, 0.25) is 0 Å². The zero-order valence-corrected chi connectivity index (χ0v) is 14.4. The average Bonchev–Trinajstić information content (AvgIpc) is 3.24. The van der Waals surface area contributed by atoms with E-state index >= 15 is 0 Å². The zero-order chi connectivity index (χ0) is 17.6. The van der Waals surface area contributed by atoms with Crippen molar-refractivity contribution < 1.29 is 9.53 Å². The van der Waals surface area contributed by atoms with E-state index in [9.17, 15) is 9.59 Å². The van der Waals surface area contributed by atoms with Crippen molar-refractivity contribution in [3.63, 3.8) is 0 Å². The van der Waals surface area contributed by atoms with Crippen molar-refractivity contribution in [3.8, 4) is 5.69 Å². The molecule has 3 rings (SSSR count). The maximum absolute atomic E-state index is 12.2. The second-order valence-electron chi connectivity index (χ2n) is 5.24. The quantitative estimate of drug-likeness (QED) is 0.687. The number of nitrogens with one attached hydrogen (secondary N) is 1. The molecular weight excluding hydrogens is 342 g/mol. The van der Waals surface area contributed by atoms with Crippen molar-refractivity contribution in [1.82, 2.24) is 19.8 Å². The number of hydrogen-bond acceptors (Lipinski definition) is 6. The molecule has 0 unspecified atom stereocenters. The molecule has 0 radical (unpaired) electrons. The lowest BCUT2D eigenvalue weighted by molar-refractivity contribution is -0.115. The van der Waals surface area contributed by atoms with Crippen LogP contribution in [-0.4, -0.2) is 39.4 Å².